The number of rotatable bonds is 3. The third kappa shape index (κ3) is 1.94. The van der Waals surface area contributed by atoms with Crippen LogP contribution in [0.5, 0.6) is 0 Å². The maximum Gasteiger partial charge on any atom is 0.127 e. The second-order valence-corrected chi connectivity index (χ2v) is 2.73. The summed E-state index contributed by atoms with van der Waals surface area (Å²) in [5, 5.41) is 0. The van der Waals surface area contributed by atoms with Gasteiger partial charge in [-0.05, 0) is 29.7 Å². The van der Waals surface area contributed by atoms with Crippen LogP contribution in [0.1, 0.15) is 24.5 Å². The Morgan fingerprint density at radius 2 is 2.25 bits per heavy atom. The maximum atomic E-state index is 13.2. The number of aryl methyl sites for hydroxylation is 1. The fraction of sp³-hybridized carbons (Fsp3) is 0.273. The normalized spacial score (nSPS) is 9.83. The van der Waals surface area contributed by atoms with Gasteiger partial charge in [-0.15, -0.1) is 0 Å². The molecule has 0 unspecified atom stereocenters. The van der Waals surface area contributed by atoms with Crippen LogP contribution in [0, 0.1) is 11.9 Å². The summed E-state index contributed by atoms with van der Waals surface area (Å²) in [6, 6.07) is 5.10. The topological polar surface area (TPSA) is 0 Å². The van der Waals surface area contributed by atoms with Crippen molar-refractivity contribution in [1.29, 1.82) is 0 Å². The summed E-state index contributed by atoms with van der Waals surface area (Å²) in [7, 11) is 0. The van der Waals surface area contributed by atoms with E-state index >= 15 is 0 Å². The molecule has 0 aliphatic heterocycles. The highest BCUT2D eigenvalue weighted by atomic mass is 19.1. The largest absolute Gasteiger partial charge is 0.207 e. The Morgan fingerprint density at radius 3 is 2.75 bits per heavy atom. The molecule has 12 heavy (non-hydrogen) atoms. The molecular weight excluding hydrogens is 151 g/mol. The maximum absolute atomic E-state index is 13.2. The van der Waals surface area contributed by atoms with E-state index in [4.69, 9.17) is 0 Å². The molecule has 63 valence electrons. The Kier molecular flexibility index (Phi) is 3.03. The number of hydrogen-bond acceptors (Lipinski definition) is 0. The highest BCUT2D eigenvalue weighted by molar-refractivity contribution is 5.27. The molecule has 1 radical (unpaired) electrons. The SMILES string of the molecule is C=[C]c1ccc(CCC)c(F)c1. The minimum absolute atomic E-state index is 0.148. The molecule has 1 aromatic rings. The molecule has 0 aliphatic carbocycles. The molecule has 0 amide bonds. The van der Waals surface area contributed by atoms with Crippen LogP contribution in [-0.2, 0) is 6.42 Å². The molecule has 1 heteroatoms. The van der Waals surface area contributed by atoms with Crippen molar-refractivity contribution in [1.82, 2.24) is 0 Å². The molecule has 0 aliphatic rings. The zero-order valence-corrected chi connectivity index (χ0v) is 7.23. The Bertz CT molecular complexity index is 276. The summed E-state index contributed by atoms with van der Waals surface area (Å²) < 4.78 is 13.2. The molecule has 1 aromatic carbocycles. The lowest BCUT2D eigenvalue weighted by molar-refractivity contribution is 0.606. The van der Waals surface area contributed by atoms with Crippen molar-refractivity contribution in [3.05, 3.63) is 47.8 Å². The van der Waals surface area contributed by atoms with Crippen LogP contribution in [0.3, 0.4) is 0 Å². The predicted octanol–water partition coefficient (Wildman–Crippen LogP) is 3.12. The van der Waals surface area contributed by atoms with Gasteiger partial charge < -0.3 is 0 Å². The van der Waals surface area contributed by atoms with Crippen molar-refractivity contribution in [3.8, 4) is 0 Å². The third-order valence-corrected chi connectivity index (χ3v) is 1.78. The van der Waals surface area contributed by atoms with E-state index in [2.05, 4.69) is 12.7 Å². The van der Waals surface area contributed by atoms with Gasteiger partial charge in [0.2, 0.25) is 0 Å². The van der Waals surface area contributed by atoms with E-state index in [1.807, 2.05) is 13.0 Å². The molecule has 0 spiro atoms. The predicted molar refractivity (Wildman–Crippen MR) is 48.4 cm³/mol. The second kappa shape index (κ2) is 4.05. The lowest BCUT2D eigenvalue weighted by Crippen LogP contribution is -1.89. The van der Waals surface area contributed by atoms with Crippen LogP contribution in [0.15, 0.2) is 24.8 Å². The van der Waals surface area contributed by atoms with Gasteiger partial charge in [0.25, 0.3) is 0 Å². The fourth-order valence-electron chi connectivity index (χ4n) is 1.13. The van der Waals surface area contributed by atoms with Gasteiger partial charge >= 0.3 is 0 Å². The quantitative estimate of drug-likeness (QED) is 0.642. The standard InChI is InChI=1S/C11H12F/c1-3-5-10-7-6-9(4-2)8-11(10)12/h6-8H,2-3,5H2,1H3. The molecule has 0 saturated carbocycles. The zero-order valence-electron chi connectivity index (χ0n) is 7.23. The van der Waals surface area contributed by atoms with Crippen LogP contribution in [0.25, 0.3) is 0 Å². The van der Waals surface area contributed by atoms with Crippen molar-refractivity contribution >= 4 is 0 Å². The summed E-state index contributed by atoms with van der Waals surface area (Å²) in [6.07, 6.45) is 4.41. The van der Waals surface area contributed by atoms with Crippen LogP contribution in [0.4, 0.5) is 4.39 Å². The van der Waals surface area contributed by atoms with E-state index < -0.39 is 0 Å². The number of benzene rings is 1. The van der Waals surface area contributed by atoms with E-state index in [9.17, 15) is 4.39 Å². The van der Waals surface area contributed by atoms with Gasteiger partial charge in [-0.25, -0.2) is 4.39 Å². The van der Waals surface area contributed by atoms with E-state index in [1.54, 1.807) is 6.07 Å². The Labute approximate surface area is 72.7 Å². The monoisotopic (exact) mass is 163 g/mol. The molecule has 0 fully saturated rings. The lowest BCUT2D eigenvalue weighted by atomic mass is 10.1. The Balaban J connectivity index is 2.94. The van der Waals surface area contributed by atoms with Crippen LogP contribution in [-0.4, -0.2) is 0 Å². The van der Waals surface area contributed by atoms with Crippen molar-refractivity contribution in [2.24, 2.45) is 0 Å². The first-order valence-corrected chi connectivity index (χ1v) is 4.09. The van der Waals surface area contributed by atoms with E-state index in [0.717, 1.165) is 18.4 Å². The average molecular weight is 163 g/mol. The van der Waals surface area contributed by atoms with Gasteiger partial charge in [0.1, 0.15) is 5.82 Å². The molecule has 0 heterocycles. The van der Waals surface area contributed by atoms with Crippen LogP contribution >= 0.6 is 0 Å². The van der Waals surface area contributed by atoms with Crippen LogP contribution in [0.2, 0.25) is 0 Å². The molecule has 0 aromatic heterocycles. The van der Waals surface area contributed by atoms with Gasteiger partial charge in [-0.3, -0.25) is 0 Å². The van der Waals surface area contributed by atoms with Gasteiger partial charge in [0, 0.05) is 0 Å². The number of hydrogen-bond donors (Lipinski definition) is 0. The third-order valence-electron chi connectivity index (χ3n) is 1.78. The minimum atomic E-state index is -0.148. The molecule has 0 bridgehead atoms. The van der Waals surface area contributed by atoms with Crippen LogP contribution < -0.4 is 0 Å². The van der Waals surface area contributed by atoms with Gasteiger partial charge in [-0.1, -0.05) is 32.1 Å². The highest BCUT2D eigenvalue weighted by Gasteiger charge is 2.00. The summed E-state index contributed by atoms with van der Waals surface area (Å²) in [5.41, 5.74) is 1.49. The smallest absolute Gasteiger partial charge is 0.127 e. The van der Waals surface area contributed by atoms with Crippen molar-refractivity contribution in [2.45, 2.75) is 19.8 Å². The van der Waals surface area contributed by atoms with E-state index in [0.29, 0.717) is 5.56 Å². The molecule has 0 N–H and O–H groups in total. The summed E-state index contributed by atoms with van der Waals surface area (Å²) in [5.74, 6) is -0.148. The van der Waals surface area contributed by atoms with Gasteiger partial charge in [0.15, 0.2) is 0 Å². The minimum Gasteiger partial charge on any atom is -0.207 e. The molecular formula is C11H12F. The summed E-state index contributed by atoms with van der Waals surface area (Å²) in [6.45, 7) is 5.49. The van der Waals surface area contributed by atoms with Crippen molar-refractivity contribution in [3.63, 3.8) is 0 Å². The highest BCUT2D eigenvalue weighted by Crippen LogP contribution is 2.11. The molecule has 0 atom stereocenters. The van der Waals surface area contributed by atoms with Gasteiger partial charge in [0.05, 0.1) is 0 Å². The fourth-order valence-corrected chi connectivity index (χ4v) is 1.13. The average Bonchev–Trinajstić information content (AvgIpc) is 2.09. The lowest BCUT2D eigenvalue weighted by Gasteiger charge is -2.01. The summed E-state index contributed by atoms with van der Waals surface area (Å²) in [4.78, 5) is 0. The zero-order chi connectivity index (χ0) is 8.97. The molecule has 1 rings (SSSR count). The first-order chi connectivity index (χ1) is 5.77. The Hall–Kier alpha value is -1.11. The van der Waals surface area contributed by atoms with Crippen molar-refractivity contribution in [2.75, 3.05) is 0 Å². The van der Waals surface area contributed by atoms with Gasteiger partial charge in [-0.2, -0.15) is 0 Å². The summed E-state index contributed by atoms with van der Waals surface area (Å²) >= 11 is 0. The van der Waals surface area contributed by atoms with E-state index in [-0.39, 0.29) is 5.82 Å². The molecule has 0 nitrogen and oxygen atoms in total. The van der Waals surface area contributed by atoms with Crippen molar-refractivity contribution < 1.29 is 4.39 Å². The first kappa shape index (κ1) is 8.98. The second-order valence-electron chi connectivity index (χ2n) is 2.73. The molecule has 0 saturated heterocycles. The first-order valence-electron chi connectivity index (χ1n) is 4.09. The van der Waals surface area contributed by atoms with E-state index in [1.165, 1.54) is 6.07 Å². The Morgan fingerprint density at radius 1 is 1.50 bits per heavy atom. The number of halogens is 1.